The zero-order chi connectivity index (χ0) is 17.1. The summed E-state index contributed by atoms with van der Waals surface area (Å²) in [4.78, 5) is 26.3. The highest BCUT2D eigenvalue weighted by molar-refractivity contribution is 5.97. The smallest absolute Gasteiger partial charge is 0.274 e. The second-order valence-corrected chi connectivity index (χ2v) is 5.91. The van der Waals surface area contributed by atoms with E-state index in [-0.39, 0.29) is 23.3 Å². The number of aromatic nitrogens is 2. The van der Waals surface area contributed by atoms with E-state index in [1.54, 1.807) is 4.90 Å². The van der Waals surface area contributed by atoms with Gasteiger partial charge in [0.1, 0.15) is 5.69 Å². The molecule has 1 atom stereocenters. The number of nitrogens with zero attached hydrogens (tertiary/aromatic N) is 3. The molecule has 1 aliphatic heterocycles. The Morgan fingerprint density at radius 3 is 2.71 bits per heavy atom. The zero-order valence-corrected chi connectivity index (χ0v) is 13.6. The summed E-state index contributed by atoms with van der Waals surface area (Å²) in [5.41, 5.74) is 6.59. The highest BCUT2D eigenvalue weighted by Crippen LogP contribution is 2.16. The molecule has 7 heteroatoms. The molecule has 1 aromatic carbocycles. The van der Waals surface area contributed by atoms with E-state index in [1.165, 1.54) is 10.7 Å². The average molecular weight is 327 g/mol. The van der Waals surface area contributed by atoms with Gasteiger partial charge in [0.2, 0.25) is 0 Å². The standard InChI is InChI=1S/C17H21N5O2/c1-19-12-6-5-9-21(11-12)17(24)14-10-15(16(18)23)22(20-14)13-7-3-2-4-8-13/h2-4,7-8,10,12,19H,5-6,9,11H2,1H3,(H2,18,23)/t12-/m1/s1. The maximum Gasteiger partial charge on any atom is 0.274 e. The van der Waals surface area contributed by atoms with Gasteiger partial charge in [0.15, 0.2) is 5.69 Å². The van der Waals surface area contributed by atoms with Crippen molar-refractivity contribution in [2.45, 2.75) is 18.9 Å². The normalized spacial score (nSPS) is 17.7. The van der Waals surface area contributed by atoms with Gasteiger partial charge in [0, 0.05) is 25.2 Å². The predicted octanol–water partition coefficient (Wildman–Crippen LogP) is 0.795. The molecular weight excluding hydrogens is 306 g/mol. The number of amides is 2. The van der Waals surface area contributed by atoms with Crippen LogP contribution >= 0.6 is 0 Å². The Morgan fingerprint density at radius 2 is 2.04 bits per heavy atom. The van der Waals surface area contributed by atoms with Crippen LogP contribution in [0, 0.1) is 0 Å². The number of nitrogens with one attached hydrogen (secondary N) is 1. The van der Waals surface area contributed by atoms with E-state index >= 15 is 0 Å². The number of likely N-dealkylation sites (tertiary alicyclic amines) is 1. The molecule has 1 aliphatic rings. The quantitative estimate of drug-likeness (QED) is 0.868. The minimum absolute atomic E-state index is 0.174. The molecule has 2 aromatic rings. The Kier molecular flexibility index (Phi) is 4.61. The number of hydrogen-bond donors (Lipinski definition) is 2. The number of carbonyl (C=O) groups excluding carboxylic acids is 2. The van der Waals surface area contributed by atoms with Crippen molar-refractivity contribution in [2.24, 2.45) is 5.73 Å². The number of piperidine rings is 1. The second-order valence-electron chi connectivity index (χ2n) is 5.91. The summed E-state index contributed by atoms with van der Waals surface area (Å²) in [6.07, 6.45) is 1.99. The van der Waals surface area contributed by atoms with Crippen LogP contribution in [-0.2, 0) is 0 Å². The number of rotatable bonds is 4. The highest BCUT2D eigenvalue weighted by atomic mass is 16.2. The first-order chi connectivity index (χ1) is 11.6. The molecule has 0 saturated carbocycles. The Morgan fingerprint density at radius 1 is 1.29 bits per heavy atom. The fourth-order valence-corrected chi connectivity index (χ4v) is 2.99. The Balaban J connectivity index is 1.91. The first-order valence-corrected chi connectivity index (χ1v) is 8.02. The number of primary amides is 1. The number of benzene rings is 1. The van der Waals surface area contributed by atoms with E-state index in [9.17, 15) is 9.59 Å². The third-order valence-electron chi connectivity index (χ3n) is 4.30. The van der Waals surface area contributed by atoms with Gasteiger partial charge in [0.25, 0.3) is 11.8 Å². The van der Waals surface area contributed by atoms with Gasteiger partial charge in [-0.15, -0.1) is 0 Å². The molecule has 2 heterocycles. The predicted molar refractivity (Wildman–Crippen MR) is 90.1 cm³/mol. The molecule has 1 aromatic heterocycles. The SMILES string of the molecule is CN[C@@H]1CCCN(C(=O)c2cc(C(N)=O)n(-c3ccccc3)n2)C1. The maximum absolute atomic E-state index is 12.8. The molecule has 0 bridgehead atoms. The van der Waals surface area contributed by atoms with Crippen molar-refractivity contribution in [2.75, 3.05) is 20.1 Å². The van der Waals surface area contributed by atoms with Crippen LogP contribution in [0.1, 0.15) is 33.8 Å². The van der Waals surface area contributed by atoms with Crippen molar-refractivity contribution in [1.29, 1.82) is 0 Å². The van der Waals surface area contributed by atoms with E-state index in [0.717, 1.165) is 12.8 Å². The van der Waals surface area contributed by atoms with Gasteiger partial charge < -0.3 is 16.0 Å². The molecule has 3 N–H and O–H groups in total. The van der Waals surface area contributed by atoms with Gasteiger partial charge in [-0.25, -0.2) is 4.68 Å². The minimum Gasteiger partial charge on any atom is -0.364 e. The summed E-state index contributed by atoms with van der Waals surface area (Å²) in [7, 11) is 1.90. The van der Waals surface area contributed by atoms with Crippen molar-refractivity contribution in [3.63, 3.8) is 0 Å². The van der Waals surface area contributed by atoms with E-state index < -0.39 is 5.91 Å². The highest BCUT2D eigenvalue weighted by Gasteiger charge is 2.27. The van der Waals surface area contributed by atoms with Gasteiger partial charge >= 0.3 is 0 Å². The molecule has 0 unspecified atom stereocenters. The Bertz CT molecular complexity index is 741. The lowest BCUT2D eigenvalue weighted by Gasteiger charge is -2.32. The number of nitrogens with two attached hydrogens (primary N) is 1. The van der Waals surface area contributed by atoms with E-state index in [4.69, 9.17) is 5.73 Å². The third kappa shape index (κ3) is 3.16. The van der Waals surface area contributed by atoms with E-state index in [0.29, 0.717) is 18.8 Å². The summed E-state index contributed by atoms with van der Waals surface area (Å²) in [5.74, 6) is -0.788. The molecule has 1 saturated heterocycles. The Labute approximate surface area is 140 Å². The fraction of sp³-hybridized carbons (Fsp3) is 0.353. The molecule has 0 spiro atoms. The molecule has 3 rings (SSSR count). The van der Waals surface area contributed by atoms with Crippen LogP contribution < -0.4 is 11.1 Å². The van der Waals surface area contributed by atoms with Gasteiger partial charge in [-0.05, 0) is 32.0 Å². The average Bonchev–Trinajstić information content (AvgIpc) is 3.07. The Hall–Kier alpha value is -2.67. The lowest BCUT2D eigenvalue weighted by atomic mass is 10.1. The number of para-hydroxylation sites is 1. The van der Waals surface area contributed by atoms with Crippen molar-refractivity contribution < 1.29 is 9.59 Å². The summed E-state index contributed by atoms with van der Waals surface area (Å²) in [6, 6.07) is 10.9. The molecule has 2 amide bonds. The number of likely N-dealkylation sites (N-methyl/N-ethyl adjacent to an activating group) is 1. The van der Waals surface area contributed by atoms with Gasteiger partial charge in [0.05, 0.1) is 5.69 Å². The lowest BCUT2D eigenvalue weighted by Crippen LogP contribution is -2.47. The molecule has 7 nitrogen and oxygen atoms in total. The van der Waals surface area contributed by atoms with Crippen LogP contribution in [-0.4, -0.2) is 52.7 Å². The molecule has 1 fully saturated rings. The summed E-state index contributed by atoms with van der Waals surface area (Å²) in [6.45, 7) is 1.33. The van der Waals surface area contributed by atoms with Crippen LogP contribution in [0.4, 0.5) is 0 Å². The zero-order valence-electron chi connectivity index (χ0n) is 13.6. The number of hydrogen-bond acceptors (Lipinski definition) is 4. The first-order valence-electron chi connectivity index (χ1n) is 8.02. The van der Waals surface area contributed by atoms with Crippen LogP contribution in [0.25, 0.3) is 5.69 Å². The fourth-order valence-electron chi connectivity index (χ4n) is 2.99. The summed E-state index contributed by atoms with van der Waals surface area (Å²) in [5, 5.41) is 7.54. The van der Waals surface area contributed by atoms with Crippen molar-refractivity contribution >= 4 is 11.8 Å². The van der Waals surface area contributed by atoms with Gasteiger partial charge in [-0.1, -0.05) is 18.2 Å². The second kappa shape index (κ2) is 6.84. The van der Waals surface area contributed by atoms with Gasteiger partial charge in [-0.2, -0.15) is 5.10 Å². The molecule has 0 aliphatic carbocycles. The topological polar surface area (TPSA) is 93.3 Å². The molecular formula is C17H21N5O2. The van der Waals surface area contributed by atoms with Crippen molar-refractivity contribution in [3.05, 3.63) is 47.8 Å². The monoisotopic (exact) mass is 327 g/mol. The summed E-state index contributed by atoms with van der Waals surface area (Å²) >= 11 is 0. The lowest BCUT2D eigenvalue weighted by molar-refractivity contribution is 0.0691. The van der Waals surface area contributed by atoms with E-state index in [1.807, 2.05) is 37.4 Å². The summed E-state index contributed by atoms with van der Waals surface area (Å²) < 4.78 is 1.43. The van der Waals surface area contributed by atoms with Gasteiger partial charge in [-0.3, -0.25) is 9.59 Å². The maximum atomic E-state index is 12.8. The number of carbonyl (C=O) groups is 2. The van der Waals surface area contributed by atoms with E-state index in [2.05, 4.69) is 10.4 Å². The largest absolute Gasteiger partial charge is 0.364 e. The minimum atomic E-state index is -0.614. The van der Waals surface area contributed by atoms with Crippen LogP contribution in [0.15, 0.2) is 36.4 Å². The first kappa shape index (κ1) is 16.2. The van der Waals surface area contributed by atoms with Crippen LogP contribution in [0.2, 0.25) is 0 Å². The van der Waals surface area contributed by atoms with Crippen LogP contribution in [0.5, 0.6) is 0 Å². The third-order valence-corrected chi connectivity index (χ3v) is 4.30. The van der Waals surface area contributed by atoms with Crippen molar-refractivity contribution in [3.8, 4) is 5.69 Å². The van der Waals surface area contributed by atoms with Crippen molar-refractivity contribution in [1.82, 2.24) is 20.0 Å². The molecule has 0 radical (unpaired) electrons. The van der Waals surface area contributed by atoms with Crippen LogP contribution in [0.3, 0.4) is 0 Å². The molecule has 24 heavy (non-hydrogen) atoms. The molecule has 126 valence electrons.